The van der Waals surface area contributed by atoms with Crippen molar-refractivity contribution in [2.75, 3.05) is 6.61 Å². The quantitative estimate of drug-likeness (QED) is 0.744. The molecule has 0 bridgehead atoms. The Labute approximate surface area is 97.3 Å². The van der Waals surface area contributed by atoms with Crippen LogP contribution in [0.5, 0.6) is 5.75 Å². The summed E-state index contributed by atoms with van der Waals surface area (Å²) in [4.78, 5) is 0. The second kappa shape index (κ2) is 6.92. The first-order valence-electron chi connectivity index (χ1n) is 5.63. The highest BCUT2D eigenvalue weighted by Gasteiger charge is 2.04. The Morgan fingerprint density at radius 1 is 1.38 bits per heavy atom. The third-order valence-corrected chi connectivity index (χ3v) is 2.35. The highest BCUT2D eigenvalue weighted by Crippen LogP contribution is 2.12. The summed E-state index contributed by atoms with van der Waals surface area (Å²) >= 11 is 0. The van der Waals surface area contributed by atoms with Crippen molar-refractivity contribution in [2.45, 2.75) is 32.3 Å². The molecule has 0 radical (unpaired) electrons. The first-order valence-corrected chi connectivity index (χ1v) is 5.63. The fourth-order valence-electron chi connectivity index (χ4n) is 1.36. The summed E-state index contributed by atoms with van der Waals surface area (Å²) in [6, 6.07) is 7.30. The van der Waals surface area contributed by atoms with E-state index in [9.17, 15) is 5.11 Å². The van der Waals surface area contributed by atoms with Crippen molar-refractivity contribution in [2.24, 2.45) is 0 Å². The fourth-order valence-corrected chi connectivity index (χ4v) is 1.36. The smallest absolute Gasteiger partial charge is 0.119 e. The molecule has 0 spiro atoms. The zero-order valence-electron chi connectivity index (χ0n) is 9.65. The highest BCUT2D eigenvalue weighted by atomic mass is 16.5. The van der Waals surface area contributed by atoms with E-state index in [0.717, 1.165) is 30.6 Å². The summed E-state index contributed by atoms with van der Waals surface area (Å²) in [6.45, 7) is 2.45. The standard InChI is InChI=1S/C14H18O2/c1-3-5-6-13(15)11-16-14-9-7-12(4-2)8-10-14/h2,7-10,13,15H,3,5-6,11H2,1H3/t13-/m0/s1. The first-order chi connectivity index (χ1) is 7.76. The van der Waals surface area contributed by atoms with Gasteiger partial charge in [0.2, 0.25) is 0 Å². The van der Waals surface area contributed by atoms with Gasteiger partial charge in [-0.1, -0.05) is 25.7 Å². The van der Waals surface area contributed by atoms with Gasteiger partial charge in [-0.3, -0.25) is 0 Å². The molecule has 1 N–H and O–H groups in total. The molecule has 86 valence electrons. The van der Waals surface area contributed by atoms with Crippen LogP contribution in [0.25, 0.3) is 0 Å². The second-order valence-electron chi connectivity index (χ2n) is 3.78. The lowest BCUT2D eigenvalue weighted by molar-refractivity contribution is 0.0980. The number of hydrogen-bond acceptors (Lipinski definition) is 2. The highest BCUT2D eigenvalue weighted by molar-refractivity contribution is 5.36. The summed E-state index contributed by atoms with van der Waals surface area (Å²) in [6.07, 6.45) is 7.77. The monoisotopic (exact) mass is 218 g/mol. The van der Waals surface area contributed by atoms with E-state index in [1.807, 2.05) is 24.3 Å². The van der Waals surface area contributed by atoms with Gasteiger partial charge in [0.1, 0.15) is 12.4 Å². The van der Waals surface area contributed by atoms with Crippen molar-refractivity contribution in [3.63, 3.8) is 0 Å². The third kappa shape index (κ3) is 4.37. The molecule has 0 amide bonds. The number of ether oxygens (including phenoxy) is 1. The predicted octanol–water partition coefficient (Wildman–Crippen LogP) is 2.60. The van der Waals surface area contributed by atoms with Crippen LogP contribution >= 0.6 is 0 Å². The van der Waals surface area contributed by atoms with Crippen molar-refractivity contribution < 1.29 is 9.84 Å². The van der Waals surface area contributed by atoms with Crippen LogP contribution in [0.4, 0.5) is 0 Å². The molecular formula is C14H18O2. The average Bonchev–Trinajstić information content (AvgIpc) is 2.34. The molecule has 16 heavy (non-hydrogen) atoms. The number of unbranched alkanes of at least 4 members (excludes halogenated alkanes) is 1. The summed E-state index contributed by atoms with van der Waals surface area (Å²) in [5.74, 6) is 3.29. The summed E-state index contributed by atoms with van der Waals surface area (Å²) in [5.41, 5.74) is 0.832. The summed E-state index contributed by atoms with van der Waals surface area (Å²) < 4.78 is 5.45. The van der Waals surface area contributed by atoms with Crippen molar-refractivity contribution >= 4 is 0 Å². The van der Waals surface area contributed by atoms with Gasteiger partial charge in [-0.2, -0.15) is 0 Å². The van der Waals surface area contributed by atoms with Crippen molar-refractivity contribution in [1.29, 1.82) is 0 Å². The van der Waals surface area contributed by atoms with E-state index in [4.69, 9.17) is 11.2 Å². The number of benzene rings is 1. The van der Waals surface area contributed by atoms with E-state index in [0.29, 0.717) is 6.61 Å². The topological polar surface area (TPSA) is 29.5 Å². The van der Waals surface area contributed by atoms with Crippen LogP contribution in [-0.4, -0.2) is 17.8 Å². The number of terminal acetylenes is 1. The lowest BCUT2D eigenvalue weighted by atomic mass is 10.2. The van der Waals surface area contributed by atoms with E-state index in [2.05, 4.69) is 12.8 Å². The van der Waals surface area contributed by atoms with Crippen LogP contribution in [-0.2, 0) is 0 Å². The fraction of sp³-hybridized carbons (Fsp3) is 0.429. The van der Waals surface area contributed by atoms with Gasteiger partial charge in [0.05, 0.1) is 6.10 Å². The first kappa shape index (κ1) is 12.6. The molecule has 0 aliphatic heterocycles. The second-order valence-corrected chi connectivity index (χ2v) is 3.78. The number of aliphatic hydroxyl groups is 1. The number of hydrogen-bond donors (Lipinski definition) is 1. The lowest BCUT2D eigenvalue weighted by Gasteiger charge is -2.11. The molecule has 2 nitrogen and oxygen atoms in total. The Kier molecular flexibility index (Phi) is 5.45. The van der Waals surface area contributed by atoms with E-state index in [-0.39, 0.29) is 6.10 Å². The third-order valence-electron chi connectivity index (χ3n) is 2.35. The zero-order valence-corrected chi connectivity index (χ0v) is 9.65. The normalized spacial score (nSPS) is 11.8. The SMILES string of the molecule is C#Cc1ccc(OC[C@@H](O)CCCC)cc1. The molecule has 0 unspecified atom stereocenters. The van der Waals surface area contributed by atoms with Gasteiger partial charge >= 0.3 is 0 Å². The molecule has 0 fully saturated rings. The molecule has 1 aromatic rings. The van der Waals surface area contributed by atoms with Crippen molar-refractivity contribution in [1.82, 2.24) is 0 Å². The number of rotatable bonds is 6. The van der Waals surface area contributed by atoms with Crippen LogP contribution < -0.4 is 4.74 Å². The molecule has 0 saturated heterocycles. The van der Waals surface area contributed by atoms with Crippen LogP contribution in [0.3, 0.4) is 0 Å². The minimum absolute atomic E-state index is 0.343. The molecule has 0 aliphatic rings. The van der Waals surface area contributed by atoms with Gasteiger partial charge in [0.15, 0.2) is 0 Å². The van der Waals surface area contributed by atoms with Gasteiger partial charge in [-0.15, -0.1) is 6.42 Å². The Bertz CT molecular complexity index is 335. The molecule has 0 aromatic heterocycles. The minimum Gasteiger partial charge on any atom is -0.491 e. The molecule has 1 aromatic carbocycles. The average molecular weight is 218 g/mol. The molecule has 0 heterocycles. The van der Waals surface area contributed by atoms with Gasteiger partial charge in [-0.25, -0.2) is 0 Å². The molecule has 1 atom stereocenters. The molecule has 1 rings (SSSR count). The van der Waals surface area contributed by atoms with Crippen LogP contribution in [0.1, 0.15) is 31.7 Å². The maximum atomic E-state index is 9.59. The van der Waals surface area contributed by atoms with E-state index < -0.39 is 0 Å². The maximum Gasteiger partial charge on any atom is 0.119 e. The Hall–Kier alpha value is -1.46. The molecule has 0 saturated carbocycles. The lowest BCUT2D eigenvalue weighted by Crippen LogP contribution is -2.17. The van der Waals surface area contributed by atoms with Crippen LogP contribution in [0.15, 0.2) is 24.3 Å². The minimum atomic E-state index is -0.382. The summed E-state index contributed by atoms with van der Waals surface area (Å²) in [5, 5.41) is 9.59. The Balaban J connectivity index is 2.34. The molecule has 0 aliphatic carbocycles. The van der Waals surface area contributed by atoms with Crippen LogP contribution in [0, 0.1) is 12.3 Å². The van der Waals surface area contributed by atoms with Gasteiger partial charge in [0, 0.05) is 5.56 Å². The largest absolute Gasteiger partial charge is 0.491 e. The maximum absolute atomic E-state index is 9.59. The van der Waals surface area contributed by atoms with E-state index >= 15 is 0 Å². The molecular weight excluding hydrogens is 200 g/mol. The van der Waals surface area contributed by atoms with Crippen molar-refractivity contribution in [3.05, 3.63) is 29.8 Å². The van der Waals surface area contributed by atoms with Gasteiger partial charge in [0.25, 0.3) is 0 Å². The van der Waals surface area contributed by atoms with Crippen molar-refractivity contribution in [3.8, 4) is 18.1 Å². The molecule has 2 heteroatoms. The van der Waals surface area contributed by atoms with E-state index in [1.54, 1.807) is 0 Å². The Morgan fingerprint density at radius 3 is 2.62 bits per heavy atom. The number of aliphatic hydroxyl groups excluding tert-OH is 1. The summed E-state index contributed by atoms with van der Waals surface area (Å²) in [7, 11) is 0. The van der Waals surface area contributed by atoms with Gasteiger partial charge < -0.3 is 9.84 Å². The van der Waals surface area contributed by atoms with E-state index in [1.165, 1.54) is 0 Å². The van der Waals surface area contributed by atoms with Gasteiger partial charge in [-0.05, 0) is 30.7 Å². The zero-order chi connectivity index (χ0) is 11.8. The predicted molar refractivity (Wildman–Crippen MR) is 65.4 cm³/mol. The Morgan fingerprint density at radius 2 is 2.06 bits per heavy atom. The van der Waals surface area contributed by atoms with Crippen LogP contribution in [0.2, 0.25) is 0 Å².